The SMILES string of the molecule is O=C(C(CO)Cc1cccc(Br)c1)N(c1ccccc1)c1ccc(O)cc1. The number of halogens is 1. The zero-order valence-electron chi connectivity index (χ0n) is 14.6. The van der Waals surface area contributed by atoms with Gasteiger partial charge in [0.05, 0.1) is 12.5 Å². The van der Waals surface area contributed by atoms with Gasteiger partial charge in [0.25, 0.3) is 0 Å². The topological polar surface area (TPSA) is 60.8 Å². The van der Waals surface area contributed by atoms with E-state index in [1.54, 1.807) is 29.2 Å². The van der Waals surface area contributed by atoms with Crippen LogP contribution in [0.3, 0.4) is 0 Å². The number of para-hydroxylation sites is 1. The van der Waals surface area contributed by atoms with Gasteiger partial charge in [-0.05, 0) is 60.5 Å². The number of nitrogens with zero attached hydrogens (tertiary/aromatic N) is 1. The van der Waals surface area contributed by atoms with Gasteiger partial charge in [0.1, 0.15) is 5.75 Å². The predicted octanol–water partition coefficient (Wildman–Crippen LogP) is 4.67. The molecule has 0 aliphatic carbocycles. The van der Waals surface area contributed by atoms with E-state index in [-0.39, 0.29) is 18.3 Å². The van der Waals surface area contributed by atoms with Gasteiger partial charge in [-0.2, -0.15) is 0 Å². The van der Waals surface area contributed by atoms with Crippen LogP contribution in [0.15, 0.2) is 83.3 Å². The number of benzene rings is 3. The van der Waals surface area contributed by atoms with Crippen molar-refractivity contribution in [3.8, 4) is 5.75 Å². The molecule has 0 aliphatic heterocycles. The lowest BCUT2D eigenvalue weighted by Gasteiger charge is -2.27. The predicted molar refractivity (Wildman–Crippen MR) is 110 cm³/mol. The second-order valence-corrected chi connectivity index (χ2v) is 7.15. The number of aliphatic hydroxyl groups excluding tert-OH is 1. The zero-order chi connectivity index (χ0) is 19.2. The van der Waals surface area contributed by atoms with Crippen LogP contribution in [0.1, 0.15) is 5.56 Å². The van der Waals surface area contributed by atoms with E-state index < -0.39 is 5.92 Å². The van der Waals surface area contributed by atoms with Crippen LogP contribution >= 0.6 is 15.9 Å². The van der Waals surface area contributed by atoms with Crippen molar-refractivity contribution in [3.63, 3.8) is 0 Å². The molecule has 0 spiro atoms. The highest BCUT2D eigenvalue weighted by molar-refractivity contribution is 9.10. The van der Waals surface area contributed by atoms with E-state index in [9.17, 15) is 15.0 Å². The first-order chi connectivity index (χ1) is 13.1. The minimum atomic E-state index is -0.590. The van der Waals surface area contributed by atoms with Gasteiger partial charge < -0.3 is 10.2 Å². The van der Waals surface area contributed by atoms with Gasteiger partial charge in [-0.15, -0.1) is 0 Å². The minimum absolute atomic E-state index is 0.132. The van der Waals surface area contributed by atoms with Crippen LogP contribution in [0.5, 0.6) is 5.75 Å². The summed E-state index contributed by atoms with van der Waals surface area (Å²) in [5.41, 5.74) is 2.31. The third-order valence-electron chi connectivity index (χ3n) is 4.28. The van der Waals surface area contributed by atoms with Crippen molar-refractivity contribution in [1.82, 2.24) is 0 Å². The van der Waals surface area contributed by atoms with Crippen LogP contribution < -0.4 is 4.90 Å². The highest BCUT2D eigenvalue weighted by Crippen LogP contribution is 2.29. The summed E-state index contributed by atoms with van der Waals surface area (Å²) in [6.45, 7) is -0.257. The highest BCUT2D eigenvalue weighted by Gasteiger charge is 2.26. The Morgan fingerprint density at radius 3 is 2.22 bits per heavy atom. The number of hydrogen-bond donors (Lipinski definition) is 2. The Morgan fingerprint density at radius 1 is 0.926 bits per heavy atom. The van der Waals surface area contributed by atoms with E-state index in [0.29, 0.717) is 17.8 Å². The van der Waals surface area contributed by atoms with E-state index in [1.807, 2.05) is 54.6 Å². The van der Waals surface area contributed by atoms with Gasteiger partial charge in [-0.25, -0.2) is 0 Å². The fourth-order valence-corrected chi connectivity index (χ4v) is 3.39. The molecule has 27 heavy (non-hydrogen) atoms. The molecule has 0 heterocycles. The maximum Gasteiger partial charge on any atom is 0.237 e. The third kappa shape index (κ3) is 4.76. The molecule has 138 valence electrons. The normalized spacial score (nSPS) is 11.8. The van der Waals surface area contributed by atoms with Crippen molar-refractivity contribution in [3.05, 3.63) is 88.9 Å². The third-order valence-corrected chi connectivity index (χ3v) is 4.78. The second kappa shape index (κ2) is 8.84. The average molecular weight is 426 g/mol. The summed E-state index contributed by atoms with van der Waals surface area (Å²) in [5, 5.41) is 19.5. The summed E-state index contributed by atoms with van der Waals surface area (Å²) in [7, 11) is 0. The van der Waals surface area contributed by atoms with Gasteiger partial charge in [0.15, 0.2) is 0 Å². The number of phenolic OH excluding ortho intramolecular Hbond substituents is 1. The minimum Gasteiger partial charge on any atom is -0.508 e. The van der Waals surface area contributed by atoms with Crippen LogP contribution in [0.4, 0.5) is 11.4 Å². The number of aliphatic hydroxyl groups is 1. The summed E-state index contributed by atoms with van der Waals surface area (Å²) < 4.78 is 0.933. The van der Waals surface area contributed by atoms with E-state index in [4.69, 9.17) is 0 Å². The standard InChI is InChI=1S/C22H20BrNO3/c23-18-6-4-5-16(14-18)13-17(15-25)22(27)24(19-7-2-1-3-8-19)20-9-11-21(26)12-10-20/h1-12,14,17,25-26H,13,15H2. The molecule has 0 saturated heterocycles. The molecule has 1 amide bonds. The molecule has 3 aromatic carbocycles. The Hall–Kier alpha value is -2.63. The van der Waals surface area contributed by atoms with Crippen molar-refractivity contribution in [2.45, 2.75) is 6.42 Å². The quantitative estimate of drug-likeness (QED) is 0.602. The van der Waals surface area contributed by atoms with Gasteiger partial charge in [0, 0.05) is 15.8 Å². The van der Waals surface area contributed by atoms with Crippen molar-refractivity contribution in [2.75, 3.05) is 11.5 Å². The summed E-state index contributed by atoms with van der Waals surface area (Å²) in [5.74, 6) is -0.658. The Labute approximate surface area is 166 Å². The monoisotopic (exact) mass is 425 g/mol. The maximum absolute atomic E-state index is 13.3. The number of carbonyl (C=O) groups excluding carboxylic acids is 1. The molecule has 1 atom stereocenters. The fourth-order valence-electron chi connectivity index (χ4n) is 2.94. The molecule has 1 unspecified atom stereocenters. The lowest BCUT2D eigenvalue weighted by Crippen LogP contribution is -2.35. The van der Waals surface area contributed by atoms with E-state index in [2.05, 4.69) is 15.9 Å². The molecule has 0 fully saturated rings. The second-order valence-electron chi connectivity index (χ2n) is 6.24. The number of rotatable bonds is 6. The molecular weight excluding hydrogens is 406 g/mol. The number of anilines is 2. The lowest BCUT2D eigenvalue weighted by molar-refractivity contribution is -0.122. The van der Waals surface area contributed by atoms with Crippen LogP contribution in [0.25, 0.3) is 0 Å². The van der Waals surface area contributed by atoms with Gasteiger partial charge >= 0.3 is 0 Å². The largest absolute Gasteiger partial charge is 0.508 e. The molecule has 0 radical (unpaired) electrons. The molecule has 0 saturated carbocycles. The fraction of sp³-hybridized carbons (Fsp3) is 0.136. The smallest absolute Gasteiger partial charge is 0.237 e. The molecule has 0 bridgehead atoms. The number of hydrogen-bond acceptors (Lipinski definition) is 3. The van der Waals surface area contributed by atoms with Crippen LogP contribution in [0.2, 0.25) is 0 Å². The maximum atomic E-state index is 13.3. The van der Waals surface area contributed by atoms with Crippen LogP contribution in [-0.4, -0.2) is 22.7 Å². The summed E-state index contributed by atoms with van der Waals surface area (Å²) in [6, 6.07) is 23.5. The molecule has 3 aromatic rings. The van der Waals surface area contributed by atoms with E-state index >= 15 is 0 Å². The Kier molecular flexibility index (Phi) is 6.27. The van der Waals surface area contributed by atoms with E-state index in [1.165, 1.54) is 0 Å². The first kappa shape index (κ1) is 19.1. The molecular formula is C22H20BrNO3. The number of phenols is 1. The first-order valence-electron chi connectivity index (χ1n) is 8.62. The van der Waals surface area contributed by atoms with Crippen molar-refractivity contribution < 1.29 is 15.0 Å². The molecule has 2 N–H and O–H groups in total. The van der Waals surface area contributed by atoms with Crippen LogP contribution in [-0.2, 0) is 11.2 Å². The first-order valence-corrected chi connectivity index (χ1v) is 9.41. The molecule has 3 rings (SSSR count). The Morgan fingerprint density at radius 2 is 1.59 bits per heavy atom. The summed E-state index contributed by atoms with van der Waals surface area (Å²) >= 11 is 3.44. The lowest BCUT2D eigenvalue weighted by atomic mass is 9.98. The van der Waals surface area contributed by atoms with Gasteiger partial charge in [-0.3, -0.25) is 9.69 Å². The van der Waals surface area contributed by atoms with Crippen LogP contribution in [0, 0.1) is 5.92 Å². The Bertz CT molecular complexity index is 897. The average Bonchev–Trinajstić information content (AvgIpc) is 2.68. The number of amides is 1. The molecule has 5 heteroatoms. The zero-order valence-corrected chi connectivity index (χ0v) is 16.2. The molecule has 4 nitrogen and oxygen atoms in total. The number of carbonyl (C=O) groups is 1. The number of aromatic hydroxyl groups is 1. The highest BCUT2D eigenvalue weighted by atomic mass is 79.9. The van der Waals surface area contributed by atoms with Crippen molar-refractivity contribution in [1.29, 1.82) is 0 Å². The van der Waals surface area contributed by atoms with Crippen molar-refractivity contribution in [2.24, 2.45) is 5.92 Å². The van der Waals surface area contributed by atoms with E-state index in [0.717, 1.165) is 10.0 Å². The summed E-state index contributed by atoms with van der Waals surface area (Å²) in [6.07, 6.45) is 0.427. The Balaban J connectivity index is 1.94. The summed E-state index contributed by atoms with van der Waals surface area (Å²) in [4.78, 5) is 14.9. The van der Waals surface area contributed by atoms with Gasteiger partial charge in [-0.1, -0.05) is 46.3 Å². The van der Waals surface area contributed by atoms with Gasteiger partial charge in [0.2, 0.25) is 5.91 Å². The molecule has 0 aliphatic rings. The van der Waals surface area contributed by atoms with Crippen molar-refractivity contribution >= 4 is 33.2 Å². The molecule has 0 aromatic heterocycles.